The van der Waals surface area contributed by atoms with Gasteiger partial charge < -0.3 is 19.8 Å². The third kappa shape index (κ3) is 3.67. The summed E-state index contributed by atoms with van der Waals surface area (Å²) in [4.78, 5) is 25.7. The second-order valence-corrected chi connectivity index (χ2v) is 5.93. The van der Waals surface area contributed by atoms with Crippen LogP contribution in [0.3, 0.4) is 0 Å². The summed E-state index contributed by atoms with van der Waals surface area (Å²) < 4.78 is 4.95. The highest BCUT2D eigenvalue weighted by molar-refractivity contribution is 5.98. The van der Waals surface area contributed by atoms with Crippen LogP contribution in [-0.2, 0) is 14.3 Å². The Morgan fingerprint density at radius 3 is 2.11 bits per heavy atom. The molecule has 1 heterocycles. The Balaban J connectivity index is 2.87. The van der Waals surface area contributed by atoms with Crippen LogP contribution in [0, 0.1) is 11.3 Å². The Morgan fingerprint density at radius 2 is 1.74 bits per heavy atom. The van der Waals surface area contributed by atoms with Crippen molar-refractivity contribution in [1.29, 1.82) is 0 Å². The van der Waals surface area contributed by atoms with E-state index in [2.05, 4.69) is 0 Å². The van der Waals surface area contributed by atoms with Gasteiger partial charge >= 0.3 is 5.97 Å². The second-order valence-electron chi connectivity index (χ2n) is 5.93. The molecule has 0 bridgehead atoms. The van der Waals surface area contributed by atoms with Crippen LogP contribution >= 0.6 is 0 Å². The van der Waals surface area contributed by atoms with E-state index in [9.17, 15) is 19.8 Å². The number of nitrogens with zero attached hydrogens (tertiary/aromatic N) is 1. The van der Waals surface area contributed by atoms with Gasteiger partial charge in [0.15, 0.2) is 0 Å². The topological polar surface area (TPSA) is 87.1 Å². The minimum Gasteiger partial charge on any atom is -0.465 e. The van der Waals surface area contributed by atoms with E-state index in [1.165, 1.54) is 4.90 Å². The maximum Gasteiger partial charge on any atom is 0.319 e. The molecule has 3 unspecified atom stereocenters. The van der Waals surface area contributed by atoms with Crippen LogP contribution in [0.4, 0.5) is 0 Å². The quantitative estimate of drug-likeness (QED) is 0.548. The SMILES string of the molecule is CCOC(=O)C(C(=O)N1CC(O)C(O)C1)C(C)(C)C. The number of β-amino-alcohol motifs (C(OH)–C–C–N with tert-alkyl or cyclic N) is 2. The van der Waals surface area contributed by atoms with E-state index in [-0.39, 0.29) is 19.7 Å². The lowest BCUT2D eigenvalue weighted by Gasteiger charge is -2.30. The van der Waals surface area contributed by atoms with E-state index in [1.807, 2.05) is 0 Å². The number of rotatable bonds is 3. The third-order valence-electron chi connectivity index (χ3n) is 3.21. The molecule has 6 nitrogen and oxygen atoms in total. The van der Waals surface area contributed by atoms with Gasteiger partial charge in [-0.3, -0.25) is 9.59 Å². The highest BCUT2D eigenvalue weighted by atomic mass is 16.5. The third-order valence-corrected chi connectivity index (χ3v) is 3.21. The van der Waals surface area contributed by atoms with Crippen LogP contribution in [-0.4, -0.2) is 58.9 Å². The van der Waals surface area contributed by atoms with Gasteiger partial charge in [-0.05, 0) is 12.3 Å². The van der Waals surface area contributed by atoms with E-state index in [4.69, 9.17) is 4.74 Å². The molecule has 3 atom stereocenters. The van der Waals surface area contributed by atoms with Gasteiger partial charge in [-0.2, -0.15) is 0 Å². The maximum absolute atomic E-state index is 12.4. The van der Waals surface area contributed by atoms with Crippen molar-refractivity contribution in [2.45, 2.75) is 39.9 Å². The zero-order valence-electron chi connectivity index (χ0n) is 11.9. The van der Waals surface area contributed by atoms with Gasteiger partial charge in [0.2, 0.25) is 5.91 Å². The summed E-state index contributed by atoms with van der Waals surface area (Å²) in [7, 11) is 0. The lowest BCUT2D eigenvalue weighted by atomic mass is 9.80. The summed E-state index contributed by atoms with van der Waals surface area (Å²) in [5.41, 5.74) is -0.582. The van der Waals surface area contributed by atoms with E-state index in [0.29, 0.717) is 0 Å². The largest absolute Gasteiger partial charge is 0.465 e. The first-order valence-electron chi connectivity index (χ1n) is 6.50. The molecule has 0 aromatic heterocycles. The average molecular weight is 273 g/mol. The molecule has 0 aromatic rings. The number of hydrogen-bond acceptors (Lipinski definition) is 5. The zero-order valence-corrected chi connectivity index (χ0v) is 11.9. The van der Waals surface area contributed by atoms with E-state index >= 15 is 0 Å². The van der Waals surface area contributed by atoms with Gasteiger partial charge in [0.1, 0.15) is 5.92 Å². The number of ether oxygens (including phenoxy) is 1. The summed E-state index contributed by atoms with van der Waals surface area (Å²) in [5.74, 6) is -1.89. The number of amides is 1. The molecule has 1 aliphatic rings. The normalized spacial score (nSPS) is 25.3. The average Bonchev–Trinajstić information content (AvgIpc) is 2.57. The lowest BCUT2D eigenvalue weighted by Crippen LogP contribution is -2.45. The first-order chi connectivity index (χ1) is 8.68. The Hall–Kier alpha value is -1.14. The number of aliphatic hydroxyl groups is 2. The number of carbonyl (C=O) groups excluding carboxylic acids is 2. The zero-order chi connectivity index (χ0) is 14.8. The molecule has 1 aliphatic heterocycles. The summed E-state index contributed by atoms with van der Waals surface area (Å²) in [6, 6.07) is 0. The van der Waals surface area contributed by atoms with Crippen LogP contribution in [0.5, 0.6) is 0 Å². The van der Waals surface area contributed by atoms with Crippen LogP contribution in [0.1, 0.15) is 27.7 Å². The maximum atomic E-state index is 12.4. The molecule has 0 saturated carbocycles. The monoisotopic (exact) mass is 273 g/mol. The highest BCUT2D eigenvalue weighted by Crippen LogP contribution is 2.30. The fourth-order valence-corrected chi connectivity index (χ4v) is 2.18. The smallest absolute Gasteiger partial charge is 0.319 e. The molecule has 6 heteroatoms. The molecule has 0 spiro atoms. The van der Waals surface area contributed by atoms with Gasteiger partial charge in [-0.15, -0.1) is 0 Å². The number of likely N-dealkylation sites (tertiary alicyclic amines) is 1. The van der Waals surface area contributed by atoms with Crippen LogP contribution in [0.2, 0.25) is 0 Å². The van der Waals surface area contributed by atoms with Crippen molar-refractivity contribution < 1.29 is 24.5 Å². The minimum atomic E-state index is -0.952. The predicted octanol–water partition coefficient (Wildman–Crippen LogP) is -0.224. The summed E-state index contributed by atoms with van der Waals surface area (Å²) in [6.45, 7) is 7.35. The van der Waals surface area contributed by atoms with Crippen LogP contribution in [0.25, 0.3) is 0 Å². The van der Waals surface area contributed by atoms with Crippen molar-refractivity contribution in [2.75, 3.05) is 19.7 Å². The van der Waals surface area contributed by atoms with Crippen molar-refractivity contribution in [3.63, 3.8) is 0 Å². The molecule has 1 saturated heterocycles. The molecular formula is C13H23NO5. The van der Waals surface area contributed by atoms with E-state index in [0.717, 1.165) is 0 Å². The molecule has 110 valence electrons. The van der Waals surface area contributed by atoms with Crippen molar-refractivity contribution in [3.05, 3.63) is 0 Å². The summed E-state index contributed by atoms with van der Waals surface area (Å²) >= 11 is 0. The first-order valence-corrected chi connectivity index (χ1v) is 6.50. The van der Waals surface area contributed by atoms with Crippen LogP contribution in [0.15, 0.2) is 0 Å². The Bertz CT molecular complexity index is 339. The lowest BCUT2D eigenvalue weighted by molar-refractivity contribution is -0.160. The molecule has 1 fully saturated rings. The van der Waals surface area contributed by atoms with Gasteiger partial charge in [-0.25, -0.2) is 0 Å². The number of hydrogen-bond donors (Lipinski definition) is 2. The standard InChI is InChI=1S/C13H23NO5/c1-5-19-12(18)10(13(2,3)4)11(17)14-6-8(15)9(16)7-14/h8-10,15-16H,5-7H2,1-4H3. The fraction of sp³-hybridized carbons (Fsp3) is 0.846. The molecule has 1 amide bonds. The van der Waals surface area contributed by atoms with Crippen molar-refractivity contribution in [1.82, 2.24) is 4.90 Å². The second kappa shape index (κ2) is 5.88. The van der Waals surface area contributed by atoms with E-state index < -0.39 is 35.4 Å². The molecule has 19 heavy (non-hydrogen) atoms. The van der Waals surface area contributed by atoms with Gasteiger partial charge in [0.05, 0.1) is 18.8 Å². The molecule has 1 rings (SSSR count). The predicted molar refractivity (Wildman–Crippen MR) is 68.2 cm³/mol. The fourth-order valence-electron chi connectivity index (χ4n) is 2.18. The molecule has 0 aromatic carbocycles. The number of esters is 1. The molecule has 0 radical (unpaired) electrons. The van der Waals surface area contributed by atoms with Crippen LogP contribution < -0.4 is 0 Å². The molecule has 0 aliphatic carbocycles. The summed E-state index contributed by atoms with van der Waals surface area (Å²) in [5, 5.41) is 19.0. The molecular weight excluding hydrogens is 250 g/mol. The Labute approximate surface area is 113 Å². The van der Waals surface area contributed by atoms with Gasteiger partial charge in [-0.1, -0.05) is 20.8 Å². The van der Waals surface area contributed by atoms with Gasteiger partial charge in [0.25, 0.3) is 0 Å². The minimum absolute atomic E-state index is 0.0476. The Kier molecular flexibility index (Phi) is 4.92. The Morgan fingerprint density at radius 1 is 1.26 bits per heavy atom. The van der Waals surface area contributed by atoms with Gasteiger partial charge in [0, 0.05) is 13.1 Å². The highest BCUT2D eigenvalue weighted by Gasteiger charge is 2.44. The number of aliphatic hydroxyl groups excluding tert-OH is 2. The van der Waals surface area contributed by atoms with E-state index in [1.54, 1.807) is 27.7 Å². The van der Waals surface area contributed by atoms with Crippen molar-refractivity contribution >= 4 is 11.9 Å². The molecule has 2 N–H and O–H groups in total. The first kappa shape index (κ1) is 15.9. The number of carbonyl (C=O) groups is 2. The summed E-state index contributed by atoms with van der Waals surface area (Å²) in [6.07, 6.45) is -1.90. The van der Waals surface area contributed by atoms with Crippen molar-refractivity contribution in [3.8, 4) is 0 Å². The van der Waals surface area contributed by atoms with Crippen molar-refractivity contribution in [2.24, 2.45) is 11.3 Å².